The fourth-order valence-corrected chi connectivity index (χ4v) is 1.67. The third kappa shape index (κ3) is 2.74. The van der Waals surface area contributed by atoms with E-state index in [1.165, 1.54) is 6.07 Å². The van der Waals surface area contributed by atoms with Gasteiger partial charge in [-0.3, -0.25) is 0 Å². The van der Waals surface area contributed by atoms with Gasteiger partial charge in [0.2, 0.25) is 5.88 Å². The molecule has 0 spiro atoms. The standard InChI is InChI=1S/C12H10BrFN2O/c1-7-2-3-9(14)11(4-7)17-12-10(15)5-8(13)6-16-12/h2-6H,15H2,1H3. The quantitative estimate of drug-likeness (QED) is 0.920. The molecule has 0 atom stereocenters. The SMILES string of the molecule is Cc1ccc(F)c(Oc2ncc(Br)cc2N)c1. The number of halogens is 2. The smallest absolute Gasteiger partial charge is 0.242 e. The Balaban J connectivity index is 2.34. The molecule has 0 bridgehead atoms. The van der Waals surface area contributed by atoms with Gasteiger partial charge in [-0.05, 0) is 46.6 Å². The topological polar surface area (TPSA) is 48.1 Å². The molecular weight excluding hydrogens is 287 g/mol. The van der Waals surface area contributed by atoms with E-state index >= 15 is 0 Å². The molecule has 0 aliphatic rings. The van der Waals surface area contributed by atoms with Crippen molar-refractivity contribution in [3.63, 3.8) is 0 Å². The average molecular weight is 297 g/mol. The highest BCUT2D eigenvalue weighted by Gasteiger charge is 2.08. The van der Waals surface area contributed by atoms with Crippen LogP contribution in [0.15, 0.2) is 34.9 Å². The molecule has 0 aliphatic carbocycles. The third-order valence-electron chi connectivity index (χ3n) is 2.14. The van der Waals surface area contributed by atoms with Crippen LogP contribution in [-0.4, -0.2) is 4.98 Å². The van der Waals surface area contributed by atoms with Crippen molar-refractivity contribution in [2.24, 2.45) is 0 Å². The van der Waals surface area contributed by atoms with E-state index in [0.717, 1.165) is 10.0 Å². The lowest BCUT2D eigenvalue weighted by Crippen LogP contribution is -1.96. The summed E-state index contributed by atoms with van der Waals surface area (Å²) in [6, 6.07) is 6.26. The molecule has 1 aromatic heterocycles. The van der Waals surface area contributed by atoms with Gasteiger partial charge in [0.1, 0.15) is 0 Å². The molecule has 1 heterocycles. The summed E-state index contributed by atoms with van der Waals surface area (Å²) >= 11 is 3.24. The maximum atomic E-state index is 13.5. The van der Waals surface area contributed by atoms with Crippen molar-refractivity contribution in [1.29, 1.82) is 0 Å². The molecule has 0 unspecified atom stereocenters. The minimum Gasteiger partial charge on any atom is -0.434 e. The van der Waals surface area contributed by atoms with Gasteiger partial charge in [-0.15, -0.1) is 0 Å². The van der Waals surface area contributed by atoms with Gasteiger partial charge in [-0.25, -0.2) is 9.37 Å². The molecule has 0 radical (unpaired) electrons. The monoisotopic (exact) mass is 296 g/mol. The first kappa shape index (κ1) is 11.9. The van der Waals surface area contributed by atoms with Crippen LogP contribution in [0.25, 0.3) is 0 Å². The van der Waals surface area contributed by atoms with Crippen LogP contribution in [0.1, 0.15) is 5.56 Å². The number of aromatic nitrogens is 1. The van der Waals surface area contributed by atoms with Crippen LogP contribution in [0.4, 0.5) is 10.1 Å². The first-order valence-corrected chi connectivity index (χ1v) is 5.70. The zero-order chi connectivity index (χ0) is 12.4. The molecular formula is C12H10BrFN2O. The summed E-state index contributed by atoms with van der Waals surface area (Å²) in [6.07, 6.45) is 1.54. The molecule has 0 fully saturated rings. The van der Waals surface area contributed by atoms with E-state index in [4.69, 9.17) is 10.5 Å². The number of pyridine rings is 1. The third-order valence-corrected chi connectivity index (χ3v) is 2.57. The predicted octanol–water partition coefficient (Wildman–Crippen LogP) is 3.67. The van der Waals surface area contributed by atoms with Gasteiger partial charge >= 0.3 is 0 Å². The van der Waals surface area contributed by atoms with Crippen molar-refractivity contribution in [2.75, 3.05) is 5.73 Å². The molecule has 0 saturated carbocycles. The zero-order valence-electron chi connectivity index (χ0n) is 9.08. The average Bonchev–Trinajstić information content (AvgIpc) is 2.27. The lowest BCUT2D eigenvalue weighted by Gasteiger charge is -2.08. The molecule has 0 aliphatic heterocycles. The molecule has 0 amide bonds. The summed E-state index contributed by atoms with van der Waals surface area (Å²) in [5.74, 6) is -0.135. The molecule has 2 N–H and O–H groups in total. The Labute approximate surface area is 107 Å². The van der Waals surface area contributed by atoms with Gasteiger partial charge in [-0.1, -0.05) is 6.07 Å². The number of nitrogen functional groups attached to an aromatic ring is 1. The lowest BCUT2D eigenvalue weighted by atomic mass is 10.2. The van der Waals surface area contributed by atoms with E-state index in [0.29, 0.717) is 5.69 Å². The first-order chi connectivity index (χ1) is 8.06. The second-order valence-electron chi connectivity index (χ2n) is 3.58. The number of ether oxygens (including phenoxy) is 1. The Morgan fingerprint density at radius 2 is 2.12 bits per heavy atom. The summed E-state index contributed by atoms with van der Waals surface area (Å²) in [4.78, 5) is 3.98. The minimum absolute atomic E-state index is 0.117. The fraction of sp³-hybridized carbons (Fsp3) is 0.0833. The maximum absolute atomic E-state index is 13.5. The second-order valence-corrected chi connectivity index (χ2v) is 4.50. The van der Waals surface area contributed by atoms with Crippen molar-refractivity contribution < 1.29 is 9.13 Å². The maximum Gasteiger partial charge on any atom is 0.242 e. The van der Waals surface area contributed by atoms with Gasteiger partial charge in [-0.2, -0.15) is 0 Å². The Morgan fingerprint density at radius 1 is 1.35 bits per heavy atom. The Morgan fingerprint density at radius 3 is 2.82 bits per heavy atom. The van der Waals surface area contributed by atoms with Crippen molar-refractivity contribution in [3.8, 4) is 11.6 Å². The minimum atomic E-state index is -0.445. The summed E-state index contributed by atoms with van der Waals surface area (Å²) in [5, 5.41) is 0. The van der Waals surface area contributed by atoms with Crippen molar-refractivity contribution in [1.82, 2.24) is 4.98 Å². The van der Waals surface area contributed by atoms with E-state index in [1.54, 1.807) is 24.4 Å². The summed E-state index contributed by atoms with van der Waals surface area (Å²) in [7, 11) is 0. The first-order valence-electron chi connectivity index (χ1n) is 4.91. The molecule has 1 aromatic carbocycles. The molecule has 0 saturated heterocycles. The number of nitrogens with zero attached hydrogens (tertiary/aromatic N) is 1. The van der Waals surface area contributed by atoms with Crippen molar-refractivity contribution >= 4 is 21.6 Å². The molecule has 5 heteroatoms. The normalized spacial score (nSPS) is 10.3. The highest BCUT2D eigenvalue weighted by Crippen LogP contribution is 2.29. The van der Waals surface area contributed by atoms with Gasteiger partial charge in [0, 0.05) is 10.7 Å². The molecule has 2 rings (SSSR count). The Bertz CT molecular complexity index is 560. The van der Waals surface area contributed by atoms with Crippen LogP contribution in [0.3, 0.4) is 0 Å². The fourth-order valence-electron chi connectivity index (χ4n) is 1.32. The number of benzene rings is 1. The van der Waals surface area contributed by atoms with Gasteiger partial charge in [0.25, 0.3) is 0 Å². The molecule has 3 nitrogen and oxygen atoms in total. The second kappa shape index (κ2) is 4.71. The van der Waals surface area contributed by atoms with Crippen molar-refractivity contribution in [2.45, 2.75) is 6.92 Å². The highest BCUT2D eigenvalue weighted by molar-refractivity contribution is 9.10. The Hall–Kier alpha value is -1.62. The van der Waals surface area contributed by atoms with Crippen LogP contribution in [0.5, 0.6) is 11.6 Å². The number of hydrogen-bond acceptors (Lipinski definition) is 3. The predicted molar refractivity (Wildman–Crippen MR) is 67.6 cm³/mol. The number of anilines is 1. The van der Waals surface area contributed by atoms with E-state index in [1.807, 2.05) is 6.92 Å². The number of hydrogen-bond donors (Lipinski definition) is 1. The van der Waals surface area contributed by atoms with E-state index in [2.05, 4.69) is 20.9 Å². The lowest BCUT2D eigenvalue weighted by molar-refractivity contribution is 0.429. The van der Waals surface area contributed by atoms with E-state index in [9.17, 15) is 4.39 Å². The van der Waals surface area contributed by atoms with Gasteiger partial charge < -0.3 is 10.5 Å². The number of rotatable bonds is 2. The van der Waals surface area contributed by atoms with Crippen LogP contribution < -0.4 is 10.5 Å². The largest absolute Gasteiger partial charge is 0.434 e. The van der Waals surface area contributed by atoms with Crippen LogP contribution in [0, 0.1) is 12.7 Å². The summed E-state index contributed by atoms with van der Waals surface area (Å²) in [6.45, 7) is 1.85. The number of nitrogens with two attached hydrogens (primary N) is 1. The van der Waals surface area contributed by atoms with E-state index in [-0.39, 0.29) is 11.6 Å². The van der Waals surface area contributed by atoms with Gasteiger partial charge in [0.15, 0.2) is 11.6 Å². The zero-order valence-corrected chi connectivity index (χ0v) is 10.7. The molecule has 2 aromatic rings. The van der Waals surface area contributed by atoms with Crippen molar-refractivity contribution in [3.05, 3.63) is 46.3 Å². The highest BCUT2D eigenvalue weighted by atomic mass is 79.9. The summed E-state index contributed by atoms with van der Waals surface area (Å²) < 4.78 is 19.5. The van der Waals surface area contributed by atoms with Crippen LogP contribution >= 0.6 is 15.9 Å². The number of aryl methyl sites for hydroxylation is 1. The Kier molecular flexibility index (Phi) is 3.28. The van der Waals surface area contributed by atoms with E-state index < -0.39 is 5.82 Å². The van der Waals surface area contributed by atoms with Crippen LogP contribution in [0.2, 0.25) is 0 Å². The van der Waals surface area contributed by atoms with Gasteiger partial charge in [0.05, 0.1) is 5.69 Å². The summed E-state index contributed by atoms with van der Waals surface area (Å²) in [5.41, 5.74) is 6.96. The molecule has 88 valence electrons. The van der Waals surface area contributed by atoms with Crippen LogP contribution in [-0.2, 0) is 0 Å². The molecule has 17 heavy (non-hydrogen) atoms.